The van der Waals surface area contributed by atoms with Crippen molar-refractivity contribution < 1.29 is 14.4 Å². The second kappa shape index (κ2) is 8.05. The molecule has 4 unspecified atom stereocenters. The summed E-state index contributed by atoms with van der Waals surface area (Å²) in [7, 11) is 0. The molecule has 1 aromatic heterocycles. The molecule has 4 amide bonds. The number of aryl methyl sites for hydroxylation is 1. The molecule has 3 fully saturated rings. The molecule has 0 aliphatic carbocycles. The van der Waals surface area contributed by atoms with Gasteiger partial charge in [-0.25, -0.2) is 9.78 Å². The molecule has 9 heteroatoms. The van der Waals surface area contributed by atoms with Gasteiger partial charge < -0.3 is 15.1 Å². The summed E-state index contributed by atoms with van der Waals surface area (Å²) in [5.41, 5.74) is 2.16. The Morgan fingerprint density at radius 1 is 1.12 bits per heavy atom. The van der Waals surface area contributed by atoms with Crippen molar-refractivity contribution in [2.24, 2.45) is 11.8 Å². The smallest absolute Gasteiger partial charge is 0.322 e. The molecule has 3 saturated heterocycles. The lowest BCUT2D eigenvalue weighted by Crippen LogP contribution is -2.70. The number of carbonyl (C=O) groups is 3. The van der Waals surface area contributed by atoms with Gasteiger partial charge in [-0.2, -0.15) is 0 Å². The summed E-state index contributed by atoms with van der Waals surface area (Å²) in [6, 6.07) is 9.73. The molecule has 3 aliphatic rings. The number of amides is 4. The molecule has 9 nitrogen and oxygen atoms in total. The molecular formula is C23H28N6O3. The Hall–Kier alpha value is -3.20. The van der Waals surface area contributed by atoms with Gasteiger partial charge in [-0.3, -0.25) is 20.2 Å². The summed E-state index contributed by atoms with van der Waals surface area (Å²) in [5.74, 6) is -0.519. The van der Waals surface area contributed by atoms with E-state index in [-0.39, 0.29) is 17.9 Å². The third kappa shape index (κ3) is 3.66. The van der Waals surface area contributed by atoms with Crippen LogP contribution < -0.4 is 20.9 Å². The molecule has 4 atom stereocenters. The van der Waals surface area contributed by atoms with Gasteiger partial charge in [-0.05, 0) is 38.0 Å². The highest BCUT2D eigenvalue weighted by Gasteiger charge is 2.48. The highest BCUT2D eigenvalue weighted by Crippen LogP contribution is 2.30. The second-order valence-electron chi connectivity index (χ2n) is 9.00. The van der Waals surface area contributed by atoms with E-state index < -0.39 is 24.0 Å². The van der Waals surface area contributed by atoms with Crippen LogP contribution in [0, 0.1) is 18.8 Å². The van der Waals surface area contributed by atoms with Crippen LogP contribution in [0.15, 0.2) is 30.3 Å². The van der Waals surface area contributed by atoms with Crippen LogP contribution in [0.3, 0.4) is 0 Å². The summed E-state index contributed by atoms with van der Waals surface area (Å²) in [4.78, 5) is 46.5. The van der Waals surface area contributed by atoms with Crippen molar-refractivity contribution in [3.63, 3.8) is 0 Å². The number of rotatable bonds is 2. The number of benzene rings is 1. The number of hydrogen-bond acceptors (Lipinski definition) is 6. The molecule has 0 saturated carbocycles. The van der Waals surface area contributed by atoms with Crippen molar-refractivity contribution in [1.82, 2.24) is 25.8 Å². The molecule has 32 heavy (non-hydrogen) atoms. The van der Waals surface area contributed by atoms with Gasteiger partial charge in [-0.1, -0.05) is 18.2 Å². The highest BCUT2D eigenvalue weighted by atomic mass is 16.2. The lowest BCUT2D eigenvalue weighted by Gasteiger charge is -2.45. The molecule has 2 aromatic rings. The van der Waals surface area contributed by atoms with Gasteiger partial charge in [0.2, 0.25) is 11.8 Å². The van der Waals surface area contributed by atoms with E-state index in [0.29, 0.717) is 32.6 Å². The Morgan fingerprint density at radius 2 is 1.88 bits per heavy atom. The van der Waals surface area contributed by atoms with Gasteiger partial charge in [0.15, 0.2) is 0 Å². The van der Waals surface area contributed by atoms with Gasteiger partial charge >= 0.3 is 6.03 Å². The molecule has 0 radical (unpaired) electrons. The number of hydrogen-bond donors (Lipinski definition) is 3. The van der Waals surface area contributed by atoms with Crippen LogP contribution in [0.2, 0.25) is 0 Å². The number of nitrogens with one attached hydrogen (secondary N) is 3. The zero-order valence-electron chi connectivity index (χ0n) is 18.3. The number of aromatic nitrogens is 1. The Morgan fingerprint density at radius 3 is 2.66 bits per heavy atom. The van der Waals surface area contributed by atoms with Gasteiger partial charge in [0.25, 0.3) is 0 Å². The first-order valence-electron chi connectivity index (χ1n) is 11.2. The standard InChI is InChI=1S/C23H28N6O3/c1-13-11-18(25-17-6-4-3-5-15(13)17)28-7-9-29(10-8-28)22(31)16-12-14(2)24-20-19(16)21(30)27-23(32)26-20/h3-6,11,14,16,19-20,24H,7-10,12H2,1-2H3,(H2,26,27,30,32). The average Bonchev–Trinajstić information content (AvgIpc) is 2.77. The predicted molar refractivity (Wildman–Crippen MR) is 120 cm³/mol. The van der Waals surface area contributed by atoms with E-state index in [9.17, 15) is 14.4 Å². The van der Waals surface area contributed by atoms with Crippen LogP contribution >= 0.6 is 0 Å². The third-order valence-electron chi connectivity index (χ3n) is 6.83. The van der Waals surface area contributed by atoms with E-state index in [2.05, 4.69) is 39.9 Å². The topological polar surface area (TPSA) is 107 Å². The fraction of sp³-hybridized carbons (Fsp3) is 0.478. The van der Waals surface area contributed by atoms with E-state index in [0.717, 1.165) is 16.7 Å². The van der Waals surface area contributed by atoms with E-state index >= 15 is 0 Å². The number of pyridine rings is 1. The first kappa shape index (κ1) is 20.7. The molecule has 5 rings (SSSR count). The Bertz CT molecular complexity index is 1080. The van der Waals surface area contributed by atoms with Crippen molar-refractivity contribution in [3.8, 4) is 0 Å². The van der Waals surface area contributed by atoms with Crippen molar-refractivity contribution in [2.45, 2.75) is 32.5 Å². The minimum atomic E-state index is -0.598. The summed E-state index contributed by atoms with van der Waals surface area (Å²) >= 11 is 0. The fourth-order valence-electron chi connectivity index (χ4n) is 5.21. The number of fused-ring (bicyclic) bond motifs is 2. The van der Waals surface area contributed by atoms with Crippen LogP contribution in [0.25, 0.3) is 10.9 Å². The SMILES string of the molecule is Cc1cc(N2CCN(C(=O)C3CC(C)NC4NC(=O)NC(=O)C43)CC2)nc2ccccc12. The molecule has 3 N–H and O–H groups in total. The molecule has 0 spiro atoms. The number of imide groups is 1. The fourth-order valence-corrected chi connectivity index (χ4v) is 5.21. The summed E-state index contributed by atoms with van der Waals surface area (Å²) in [6.07, 6.45) is 0.0505. The van der Waals surface area contributed by atoms with Crippen LogP contribution in [-0.2, 0) is 9.59 Å². The number of anilines is 1. The summed E-state index contributed by atoms with van der Waals surface area (Å²) in [5, 5.41) is 9.45. The Kier molecular flexibility index (Phi) is 5.21. The van der Waals surface area contributed by atoms with Crippen LogP contribution in [0.1, 0.15) is 18.9 Å². The molecule has 3 aliphatic heterocycles. The molecule has 1 aromatic carbocycles. The monoisotopic (exact) mass is 436 g/mol. The Balaban J connectivity index is 1.29. The van der Waals surface area contributed by atoms with Crippen LogP contribution in [0.5, 0.6) is 0 Å². The lowest BCUT2D eigenvalue weighted by atomic mass is 9.78. The quantitative estimate of drug-likeness (QED) is 0.648. The molecule has 168 valence electrons. The van der Waals surface area contributed by atoms with Crippen molar-refractivity contribution in [3.05, 3.63) is 35.9 Å². The molecular weight excluding hydrogens is 408 g/mol. The summed E-state index contributed by atoms with van der Waals surface area (Å²) in [6.45, 7) is 6.60. The normalized spacial score (nSPS) is 28.2. The van der Waals surface area contributed by atoms with Gasteiger partial charge in [-0.15, -0.1) is 0 Å². The maximum Gasteiger partial charge on any atom is 0.322 e. The molecule has 4 heterocycles. The van der Waals surface area contributed by atoms with Crippen molar-refractivity contribution >= 4 is 34.6 Å². The maximum absolute atomic E-state index is 13.4. The molecule has 0 bridgehead atoms. The number of piperidine rings is 1. The largest absolute Gasteiger partial charge is 0.353 e. The first-order valence-corrected chi connectivity index (χ1v) is 11.2. The minimum absolute atomic E-state index is 0.0121. The maximum atomic E-state index is 13.4. The number of para-hydroxylation sites is 1. The summed E-state index contributed by atoms with van der Waals surface area (Å²) < 4.78 is 0. The number of carbonyl (C=O) groups excluding carboxylic acids is 3. The van der Waals surface area contributed by atoms with E-state index in [1.54, 1.807) is 0 Å². The lowest BCUT2D eigenvalue weighted by molar-refractivity contribution is -0.146. The van der Waals surface area contributed by atoms with Crippen LogP contribution in [0.4, 0.5) is 10.6 Å². The second-order valence-corrected chi connectivity index (χ2v) is 9.00. The zero-order chi connectivity index (χ0) is 22.4. The van der Waals surface area contributed by atoms with Crippen molar-refractivity contribution in [1.29, 1.82) is 0 Å². The predicted octanol–water partition coefficient (Wildman–Crippen LogP) is 0.972. The third-order valence-corrected chi connectivity index (χ3v) is 6.83. The van der Waals surface area contributed by atoms with E-state index in [4.69, 9.17) is 4.98 Å². The van der Waals surface area contributed by atoms with Gasteiger partial charge in [0.1, 0.15) is 5.82 Å². The first-order chi connectivity index (χ1) is 15.4. The van der Waals surface area contributed by atoms with Crippen LogP contribution in [-0.4, -0.2) is 66.1 Å². The minimum Gasteiger partial charge on any atom is -0.353 e. The Labute approximate surface area is 186 Å². The number of nitrogens with zero attached hydrogens (tertiary/aromatic N) is 3. The van der Waals surface area contributed by atoms with Crippen molar-refractivity contribution in [2.75, 3.05) is 31.1 Å². The van der Waals surface area contributed by atoms with E-state index in [1.807, 2.05) is 30.0 Å². The van der Waals surface area contributed by atoms with Gasteiger partial charge in [0.05, 0.1) is 23.5 Å². The average molecular weight is 437 g/mol. The number of urea groups is 1. The highest BCUT2D eigenvalue weighted by molar-refractivity contribution is 6.00. The van der Waals surface area contributed by atoms with Gasteiger partial charge in [0, 0.05) is 37.6 Å². The number of piperazine rings is 1. The zero-order valence-corrected chi connectivity index (χ0v) is 18.3. The van der Waals surface area contributed by atoms with E-state index in [1.165, 1.54) is 5.56 Å².